The number of amides is 1. The Hall–Kier alpha value is -3.39. The molecule has 2 atom stereocenters. The maximum Gasteiger partial charge on any atom is 0.329 e. The number of hydrogen-bond donors (Lipinski definition) is 1. The molecule has 7 nitrogen and oxygen atoms in total. The number of carbonyl (C=O) groups excluding carboxylic acids is 2. The van der Waals surface area contributed by atoms with Gasteiger partial charge in [0.15, 0.2) is 0 Å². The van der Waals surface area contributed by atoms with Gasteiger partial charge in [-0.3, -0.25) is 4.79 Å². The first-order valence-corrected chi connectivity index (χ1v) is 13.4. The van der Waals surface area contributed by atoms with E-state index >= 15 is 0 Å². The van der Waals surface area contributed by atoms with Crippen molar-refractivity contribution in [2.75, 3.05) is 0 Å². The van der Waals surface area contributed by atoms with Gasteiger partial charge >= 0.3 is 5.97 Å². The van der Waals surface area contributed by atoms with Crippen LogP contribution in [0.1, 0.15) is 74.4 Å². The van der Waals surface area contributed by atoms with E-state index in [1.165, 1.54) is 11.8 Å². The Morgan fingerprint density at radius 2 is 1.92 bits per heavy atom. The lowest BCUT2D eigenvalue weighted by atomic mass is 9.97. The summed E-state index contributed by atoms with van der Waals surface area (Å²) in [5.41, 5.74) is 1.61. The lowest BCUT2D eigenvalue weighted by Gasteiger charge is -2.26. The van der Waals surface area contributed by atoms with Crippen molar-refractivity contribution in [1.82, 2.24) is 10.3 Å². The molecule has 0 radical (unpaired) electrons. The zero-order chi connectivity index (χ0) is 26.6. The van der Waals surface area contributed by atoms with Crippen LogP contribution in [-0.2, 0) is 16.0 Å². The van der Waals surface area contributed by atoms with Crippen LogP contribution in [0.25, 0.3) is 0 Å². The molecule has 8 heteroatoms. The molecule has 1 amide bonds. The molecule has 0 saturated carbocycles. The normalized spacial score (nSPS) is 15.9. The molecule has 37 heavy (non-hydrogen) atoms. The van der Waals surface area contributed by atoms with Crippen molar-refractivity contribution >= 4 is 23.2 Å². The fraction of sp³-hybridized carbons (Fsp3) is 0.414. The summed E-state index contributed by atoms with van der Waals surface area (Å²) in [6, 6.07) is 15.2. The molecule has 0 saturated heterocycles. The molecule has 1 aliphatic heterocycles. The largest absolute Gasteiger partial charge is 0.485 e. The lowest BCUT2D eigenvalue weighted by molar-refractivity contribution is -0.157. The number of aromatic nitrogens is 1. The highest BCUT2D eigenvalue weighted by Gasteiger charge is 2.28. The van der Waals surface area contributed by atoms with E-state index < -0.39 is 17.6 Å². The van der Waals surface area contributed by atoms with Gasteiger partial charge in [-0.05, 0) is 75.3 Å². The Balaban J connectivity index is 1.39. The number of nitrogens with zero attached hydrogens (tertiary/aromatic N) is 1. The Morgan fingerprint density at radius 3 is 2.62 bits per heavy atom. The molecule has 0 bridgehead atoms. The van der Waals surface area contributed by atoms with Crippen LogP contribution in [0.3, 0.4) is 0 Å². The third-order valence-corrected chi connectivity index (χ3v) is 6.64. The van der Waals surface area contributed by atoms with E-state index in [9.17, 15) is 9.59 Å². The van der Waals surface area contributed by atoms with Gasteiger partial charge in [-0.25, -0.2) is 9.78 Å². The van der Waals surface area contributed by atoms with Gasteiger partial charge in [0.1, 0.15) is 34.1 Å². The van der Waals surface area contributed by atoms with Gasteiger partial charge < -0.3 is 19.5 Å². The summed E-state index contributed by atoms with van der Waals surface area (Å²) in [5.74, 6) is 0.864. The van der Waals surface area contributed by atoms with Gasteiger partial charge in [-0.1, -0.05) is 55.5 Å². The summed E-state index contributed by atoms with van der Waals surface area (Å²) < 4.78 is 17.7. The first kappa shape index (κ1) is 26.7. The van der Waals surface area contributed by atoms with E-state index in [4.69, 9.17) is 14.2 Å². The highest BCUT2D eigenvalue weighted by Crippen LogP contribution is 2.38. The molecule has 1 aliphatic rings. The minimum Gasteiger partial charge on any atom is -0.485 e. The standard InChI is InChI=1S/C29H34N2O5S/c1-18(2)15-22(27(33)36-29(3,4)5)31-26(32)25-17-30-28(37-25)34-21-12-14-24-20(16-21)11-13-23(35-24)19-9-7-6-8-10-19/h6-10,12,14,16-18,22-23H,11,13,15H2,1-5H3,(H,31,32)/t22-,23+/m1/s1. The predicted octanol–water partition coefficient (Wildman–Crippen LogP) is 6.49. The molecule has 2 aromatic carbocycles. The molecule has 2 heterocycles. The monoisotopic (exact) mass is 522 g/mol. The van der Waals surface area contributed by atoms with Crippen LogP contribution in [0.4, 0.5) is 0 Å². The number of nitrogens with one attached hydrogen (secondary N) is 1. The minimum absolute atomic E-state index is 0.0423. The van der Waals surface area contributed by atoms with Gasteiger partial charge in [0.05, 0.1) is 6.20 Å². The lowest BCUT2D eigenvalue weighted by Crippen LogP contribution is -2.44. The minimum atomic E-state index is -0.737. The number of ether oxygens (including phenoxy) is 3. The van der Waals surface area contributed by atoms with Crippen LogP contribution in [0.15, 0.2) is 54.7 Å². The van der Waals surface area contributed by atoms with Crippen LogP contribution in [0, 0.1) is 5.92 Å². The summed E-state index contributed by atoms with van der Waals surface area (Å²) in [5, 5.41) is 3.16. The maximum atomic E-state index is 12.9. The first-order chi connectivity index (χ1) is 17.6. The molecule has 3 aromatic rings. The molecule has 0 spiro atoms. The molecule has 1 N–H and O–H groups in total. The summed E-state index contributed by atoms with van der Waals surface area (Å²) >= 11 is 1.13. The Labute approximate surface area is 222 Å². The summed E-state index contributed by atoms with van der Waals surface area (Å²) in [7, 11) is 0. The van der Waals surface area contributed by atoms with Crippen LogP contribution in [0.5, 0.6) is 16.7 Å². The topological polar surface area (TPSA) is 86.8 Å². The highest BCUT2D eigenvalue weighted by atomic mass is 32.1. The van der Waals surface area contributed by atoms with Crippen LogP contribution < -0.4 is 14.8 Å². The average Bonchev–Trinajstić information content (AvgIpc) is 3.31. The molecule has 4 rings (SSSR count). The fourth-order valence-corrected chi connectivity index (χ4v) is 4.82. The second kappa shape index (κ2) is 11.3. The van der Waals surface area contributed by atoms with Crippen molar-refractivity contribution in [3.63, 3.8) is 0 Å². The van der Waals surface area contributed by atoms with E-state index in [2.05, 4.69) is 22.4 Å². The second-order valence-electron chi connectivity index (χ2n) is 10.6. The van der Waals surface area contributed by atoms with Crippen molar-refractivity contribution in [3.8, 4) is 16.7 Å². The number of aryl methyl sites for hydroxylation is 1. The van der Waals surface area contributed by atoms with Crippen molar-refractivity contribution < 1.29 is 23.8 Å². The van der Waals surface area contributed by atoms with E-state index in [0.29, 0.717) is 22.2 Å². The van der Waals surface area contributed by atoms with Crippen molar-refractivity contribution in [3.05, 3.63) is 70.7 Å². The summed E-state index contributed by atoms with van der Waals surface area (Å²) in [6.07, 6.45) is 3.74. The van der Waals surface area contributed by atoms with Crippen LogP contribution >= 0.6 is 11.3 Å². The number of rotatable bonds is 8. The number of fused-ring (bicyclic) bond motifs is 1. The zero-order valence-corrected chi connectivity index (χ0v) is 22.8. The van der Waals surface area contributed by atoms with E-state index in [0.717, 1.165) is 35.5 Å². The Morgan fingerprint density at radius 1 is 1.16 bits per heavy atom. The van der Waals surface area contributed by atoms with Crippen molar-refractivity contribution in [1.29, 1.82) is 0 Å². The number of benzene rings is 2. The van der Waals surface area contributed by atoms with E-state index in [1.807, 2.05) is 50.2 Å². The van der Waals surface area contributed by atoms with Gasteiger partial charge in [-0.15, -0.1) is 0 Å². The van der Waals surface area contributed by atoms with E-state index in [1.54, 1.807) is 20.8 Å². The molecule has 0 unspecified atom stereocenters. The van der Waals surface area contributed by atoms with Crippen molar-refractivity contribution in [2.24, 2.45) is 5.92 Å². The molecule has 0 fully saturated rings. The molecule has 0 aliphatic carbocycles. The first-order valence-electron chi connectivity index (χ1n) is 12.6. The van der Waals surface area contributed by atoms with E-state index in [-0.39, 0.29) is 17.9 Å². The molecule has 1 aromatic heterocycles. The Bertz CT molecular complexity index is 1230. The third kappa shape index (κ3) is 7.32. The number of carbonyl (C=O) groups is 2. The fourth-order valence-electron chi connectivity index (χ4n) is 4.13. The highest BCUT2D eigenvalue weighted by molar-refractivity contribution is 7.15. The third-order valence-electron chi connectivity index (χ3n) is 5.77. The number of hydrogen-bond acceptors (Lipinski definition) is 7. The molecular weight excluding hydrogens is 488 g/mol. The van der Waals surface area contributed by atoms with Gasteiger partial charge in [0.2, 0.25) is 0 Å². The summed E-state index contributed by atoms with van der Waals surface area (Å²) in [4.78, 5) is 30.2. The van der Waals surface area contributed by atoms with Gasteiger partial charge in [-0.2, -0.15) is 0 Å². The van der Waals surface area contributed by atoms with Crippen molar-refractivity contribution in [2.45, 2.75) is 71.6 Å². The van der Waals surface area contributed by atoms with Crippen LogP contribution in [0.2, 0.25) is 0 Å². The molecular formula is C29H34N2O5S. The zero-order valence-electron chi connectivity index (χ0n) is 21.9. The molecule has 196 valence electrons. The quantitative estimate of drug-likeness (QED) is 0.340. The smallest absolute Gasteiger partial charge is 0.329 e. The van der Waals surface area contributed by atoms with Crippen LogP contribution in [-0.4, -0.2) is 28.5 Å². The Kier molecular flexibility index (Phi) is 8.17. The maximum absolute atomic E-state index is 12.9. The second-order valence-corrected chi connectivity index (χ2v) is 11.6. The van der Waals surface area contributed by atoms with Gasteiger partial charge in [0.25, 0.3) is 11.1 Å². The van der Waals surface area contributed by atoms with Gasteiger partial charge in [0, 0.05) is 0 Å². The SMILES string of the molecule is CC(C)C[C@@H](NC(=O)c1cnc(Oc2ccc3c(c2)CC[C@@H](c2ccccc2)O3)s1)C(=O)OC(C)(C)C. The number of esters is 1. The average molecular weight is 523 g/mol. The summed E-state index contributed by atoms with van der Waals surface area (Å²) in [6.45, 7) is 9.41. The predicted molar refractivity (Wildman–Crippen MR) is 143 cm³/mol. The number of thiazole rings is 1.